The fraction of sp³-hybridized carbons (Fsp3) is 0.636. The van der Waals surface area contributed by atoms with Gasteiger partial charge in [-0.2, -0.15) is 4.31 Å². The van der Waals surface area contributed by atoms with Crippen molar-refractivity contribution < 1.29 is 13.3 Å². The molecule has 0 saturated carbocycles. The van der Waals surface area contributed by atoms with Crippen molar-refractivity contribution in [3.05, 3.63) is 20.5 Å². The van der Waals surface area contributed by atoms with E-state index in [0.29, 0.717) is 6.54 Å². The zero-order valence-corrected chi connectivity index (χ0v) is 13.3. The summed E-state index contributed by atoms with van der Waals surface area (Å²) < 4.78 is 26.5. The SMILES string of the molecule is CC1CCCCCN1S(=O)(=O)c1cc([N+](=O)[O-])c(Cl)s1. The maximum atomic E-state index is 12.6. The second kappa shape index (κ2) is 5.97. The highest BCUT2D eigenvalue weighted by Gasteiger charge is 2.33. The van der Waals surface area contributed by atoms with E-state index in [1.807, 2.05) is 6.92 Å². The van der Waals surface area contributed by atoms with Gasteiger partial charge in [0.1, 0.15) is 4.21 Å². The fourth-order valence-corrected chi connectivity index (χ4v) is 5.81. The minimum absolute atomic E-state index is 0.0528. The van der Waals surface area contributed by atoms with E-state index in [0.717, 1.165) is 43.1 Å². The van der Waals surface area contributed by atoms with Crippen molar-refractivity contribution in [2.75, 3.05) is 6.54 Å². The normalized spacial score (nSPS) is 21.6. The average molecular weight is 339 g/mol. The molecule has 2 heterocycles. The summed E-state index contributed by atoms with van der Waals surface area (Å²) in [6.07, 6.45) is 3.62. The highest BCUT2D eigenvalue weighted by Crippen LogP contribution is 2.38. The lowest BCUT2D eigenvalue weighted by Gasteiger charge is -2.25. The quantitative estimate of drug-likeness (QED) is 0.625. The van der Waals surface area contributed by atoms with Gasteiger partial charge in [-0.1, -0.05) is 24.4 Å². The van der Waals surface area contributed by atoms with E-state index in [2.05, 4.69) is 0 Å². The lowest BCUT2D eigenvalue weighted by Crippen LogP contribution is -2.37. The monoisotopic (exact) mass is 338 g/mol. The zero-order valence-electron chi connectivity index (χ0n) is 10.9. The first-order valence-corrected chi connectivity index (χ1v) is 8.93. The van der Waals surface area contributed by atoms with Crippen molar-refractivity contribution in [1.82, 2.24) is 4.31 Å². The summed E-state index contributed by atoms with van der Waals surface area (Å²) in [5.41, 5.74) is -0.349. The Kier molecular flexibility index (Phi) is 4.68. The number of nitro groups is 1. The molecule has 0 spiro atoms. The lowest BCUT2D eigenvalue weighted by molar-refractivity contribution is -0.384. The minimum atomic E-state index is -3.71. The number of sulfonamides is 1. The Bertz CT molecular complexity index is 614. The van der Waals surface area contributed by atoms with E-state index in [4.69, 9.17) is 11.6 Å². The first kappa shape index (κ1) is 15.7. The van der Waals surface area contributed by atoms with Crippen LogP contribution in [0.4, 0.5) is 5.69 Å². The van der Waals surface area contributed by atoms with Crippen LogP contribution in [0.5, 0.6) is 0 Å². The van der Waals surface area contributed by atoms with Gasteiger partial charge in [0, 0.05) is 18.7 Å². The molecule has 0 aromatic carbocycles. The zero-order chi connectivity index (χ0) is 14.9. The molecule has 1 aromatic heterocycles. The lowest BCUT2D eigenvalue weighted by atomic mass is 10.1. The van der Waals surface area contributed by atoms with E-state index < -0.39 is 14.9 Å². The van der Waals surface area contributed by atoms with Gasteiger partial charge < -0.3 is 0 Å². The van der Waals surface area contributed by atoms with Crippen molar-refractivity contribution in [1.29, 1.82) is 0 Å². The summed E-state index contributed by atoms with van der Waals surface area (Å²) in [6, 6.07) is 0.961. The summed E-state index contributed by atoms with van der Waals surface area (Å²) in [4.78, 5) is 10.1. The number of hydrogen-bond donors (Lipinski definition) is 0. The fourth-order valence-electron chi connectivity index (χ4n) is 2.31. The van der Waals surface area contributed by atoms with E-state index >= 15 is 0 Å². The van der Waals surface area contributed by atoms with Crippen LogP contribution in [0.3, 0.4) is 0 Å². The third-order valence-electron chi connectivity index (χ3n) is 3.40. The molecule has 112 valence electrons. The Morgan fingerprint density at radius 3 is 2.75 bits per heavy atom. The predicted molar refractivity (Wildman–Crippen MR) is 77.8 cm³/mol. The molecule has 6 nitrogen and oxygen atoms in total. The standard InChI is InChI=1S/C11H15ClN2O4S2/c1-8-5-3-2-4-6-13(8)20(17,18)10-7-9(14(15)16)11(12)19-10/h7-8H,2-6H2,1H3. The molecular formula is C11H15ClN2O4S2. The van der Waals surface area contributed by atoms with Crippen LogP contribution >= 0.6 is 22.9 Å². The molecule has 0 amide bonds. The van der Waals surface area contributed by atoms with Crippen LogP contribution in [-0.2, 0) is 10.0 Å². The van der Waals surface area contributed by atoms with Crippen LogP contribution in [0.15, 0.2) is 10.3 Å². The molecule has 1 saturated heterocycles. The molecule has 1 unspecified atom stereocenters. The highest BCUT2D eigenvalue weighted by molar-refractivity contribution is 7.91. The summed E-state index contributed by atoms with van der Waals surface area (Å²) in [5.74, 6) is 0. The van der Waals surface area contributed by atoms with Crippen molar-refractivity contribution in [2.45, 2.75) is 42.9 Å². The van der Waals surface area contributed by atoms with Crippen LogP contribution in [0.1, 0.15) is 32.6 Å². The van der Waals surface area contributed by atoms with Gasteiger partial charge in [0.25, 0.3) is 15.7 Å². The third kappa shape index (κ3) is 2.98. The first-order valence-electron chi connectivity index (χ1n) is 6.29. The van der Waals surface area contributed by atoms with Gasteiger partial charge in [0.15, 0.2) is 4.34 Å². The predicted octanol–water partition coefficient (Wildman–Crippen LogP) is 3.26. The second-order valence-electron chi connectivity index (χ2n) is 4.80. The summed E-state index contributed by atoms with van der Waals surface area (Å²) in [6.45, 7) is 2.32. The van der Waals surface area contributed by atoms with Crippen molar-refractivity contribution in [3.8, 4) is 0 Å². The van der Waals surface area contributed by atoms with Crippen LogP contribution in [0.25, 0.3) is 0 Å². The van der Waals surface area contributed by atoms with Gasteiger partial charge in [-0.3, -0.25) is 10.1 Å². The summed E-state index contributed by atoms with van der Waals surface area (Å²) >= 11 is 6.49. The van der Waals surface area contributed by atoms with Crippen molar-refractivity contribution in [2.24, 2.45) is 0 Å². The Balaban J connectivity index is 2.38. The van der Waals surface area contributed by atoms with Gasteiger partial charge >= 0.3 is 0 Å². The van der Waals surface area contributed by atoms with Gasteiger partial charge in [0.2, 0.25) is 0 Å². The maximum absolute atomic E-state index is 12.6. The minimum Gasteiger partial charge on any atom is -0.258 e. The highest BCUT2D eigenvalue weighted by atomic mass is 35.5. The largest absolute Gasteiger partial charge is 0.300 e. The van der Waals surface area contributed by atoms with Crippen molar-refractivity contribution in [3.63, 3.8) is 0 Å². The van der Waals surface area contributed by atoms with E-state index in [1.165, 1.54) is 4.31 Å². The molecule has 1 aromatic rings. The molecular weight excluding hydrogens is 324 g/mol. The molecule has 1 aliphatic rings. The maximum Gasteiger partial charge on any atom is 0.300 e. The smallest absolute Gasteiger partial charge is 0.258 e. The number of nitrogens with zero attached hydrogens (tertiary/aromatic N) is 2. The molecule has 0 bridgehead atoms. The topological polar surface area (TPSA) is 80.5 Å². The second-order valence-corrected chi connectivity index (χ2v) is 8.57. The summed E-state index contributed by atoms with van der Waals surface area (Å²) in [7, 11) is -3.71. The Morgan fingerprint density at radius 2 is 2.15 bits per heavy atom. The molecule has 0 N–H and O–H groups in total. The van der Waals surface area contributed by atoms with E-state index in [9.17, 15) is 18.5 Å². The molecule has 9 heteroatoms. The van der Waals surface area contributed by atoms with Gasteiger partial charge in [-0.25, -0.2) is 8.42 Å². The van der Waals surface area contributed by atoms with Crippen LogP contribution < -0.4 is 0 Å². The molecule has 2 rings (SSSR count). The van der Waals surface area contributed by atoms with Crippen LogP contribution in [0.2, 0.25) is 4.34 Å². The Morgan fingerprint density at radius 1 is 1.45 bits per heavy atom. The molecule has 1 atom stereocenters. The first-order chi connectivity index (χ1) is 9.34. The molecule has 0 aliphatic carbocycles. The number of halogens is 1. The van der Waals surface area contributed by atoms with Gasteiger partial charge in [-0.05, 0) is 19.8 Å². The van der Waals surface area contributed by atoms with Gasteiger partial charge in [0.05, 0.1) is 4.92 Å². The Hall–Kier alpha value is -0.700. The van der Waals surface area contributed by atoms with Crippen molar-refractivity contribution >= 4 is 38.6 Å². The third-order valence-corrected chi connectivity index (χ3v) is 7.20. The van der Waals surface area contributed by atoms with E-state index in [1.54, 1.807) is 0 Å². The van der Waals surface area contributed by atoms with E-state index in [-0.39, 0.29) is 20.3 Å². The van der Waals surface area contributed by atoms with Crippen LogP contribution in [-0.4, -0.2) is 30.2 Å². The number of hydrogen-bond acceptors (Lipinski definition) is 5. The molecule has 1 aliphatic heterocycles. The van der Waals surface area contributed by atoms with Crippen LogP contribution in [0, 0.1) is 10.1 Å². The summed E-state index contributed by atoms with van der Waals surface area (Å²) in [5, 5.41) is 10.8. The number of thiophene rings is 1. The molecule has 1 fully saturated rings. The molecule has 20 heavy (non-hydrogen) atoms. The molecule has 0 radical (unpaired) electrons. The van der Waals surface area contributed by atoms with Gasteiger partial charge in [-0.15, -0.1) is 11.3 Å². The average Bonchev–Trinajstić information content (AvgIpc) is 2.62. The Labute approximate surface area is 126 Å². The number of rotatable bonds is 3.